The van der Waals surface area contributed by atoms with Gasteiger partial charge in [0.1, 0.15) is 12.4 Å². The lowest BCUT2D eigenvalue weighted by molar-refractivity contribution is 0.0291. The van der Waals surface area contributed by atoms with Crippen LogP contribution >= 0.6 is 0 Å². The molecule has 0 aliphatic heterocycles. The van der Waals surface area contributed by atoms with Gasteiger partial charge in [0.25, 0.3) is 0 Å². The molecular formula is C15H25NO2. The Hall–Kier alpha value is -1.06. The lowest BCUT2D eigenvalue weighted by Gasteiger charge is -2.17. The first-order valence-electron chi connectivity index (χ1n) is 6.87. The van der Waals surface area contributed by atoms with Crippen molar-refractivity contribution in [2.75, 3.05) is 26.3 Å². The summed E-state index contributed by atoms with van der Waals surface area (Å²) in [5.74, 6) is 0.903. The van der Waals surface area contributed by atoms with Crippen molar-refractivity contribution in [3.63, 3.8) is 0 Å². The molecule has 0 aliphatic rings. The molecule has 0 aromatic heterocycles. The minimum Gasteiger partial charge on any atom is -0.491 e. The van der Waals surface area contributed by atoms with Crippen molar-refractivity contribution in [1.29, 1.82) is 0 Å². The van der Waals surface area contributed by atoms with Crippen LogP contribution in [0.5, 0.6) is 5.75 Å². The molecule has 1 atom stereocenters. The summed E-state index contributed by atoms with van der Waals surface area (Å²) in [6.07, 6.45) is 2.54. The van der Waals surface area contributed by atoms with E-state index in [1.54, 1.807) is 0 Å². The third-order valence-corrected chi connectivity index (χ3v) is 2.68. The summed E-state index contributed by atoms with van der Waals surface area (Å²) < 4.78 is 11.4. The fourth-order valence-electron chi connectivity index (χ4n) is 1.76. The molecule has 0 spiro atoms. The van der Waals surface area contributed by atoms with E-state index >= 15 is 0 Å². The van der Waals surface area contributed by atoms with Crippen molar-refractivity contribution < 1.29 is 9.47 Å². The smallest absolute Gasteiger partial charge is 0.119 e. The van der Waals surface area contributed by atoms with E-state index in [0.717, 1.165) is 31.7 Å². The summed E-state index contributed by atoms with van der Waals surface area (Å²) in [5, 5.41) is 3.33. The number of hydrogen-bond donors (Lipinski definition) is 1. The molecule has 0 fully saturated rings. The van der Waals surface area contributed by atoms with Gasteiger partial charge in [-0.15, -0.1) is 0 Å². The third-order valence-electron chi connectivity index (χ3n) is 2.68. The standard InChI is InChI=1S/C15H25NO2/c1-3-8-15(13-16-4-2)18-12-11-17-14-9-6-5-7-10-14/h5-7,9-10,15-16H,3-4,8,11-13H2,1-2H3. The zero-order valence-corrected chi connectivity index (χ0v) is 11.5. The molecule has 0 amide bonds. The van der Waals surface area contributed by atoms with Crippen molar-refractivity contribution in [2.24, 2.45) is 0 Å². The predicted molar refractivity (Wildman–Crippen MR) is 75.1 cm³/mol. The maximum absolute atomic E-state index is 5.82. The van der Waals surface area contributed by atoms with Crippen molar-refractivity contribution >= 4 is 0 Å². The minimum atomic E-state index is 0.300. The van der Waals surface area contributed by atoms with Gasteiger partial charge in [0.15, 0.2) is 0 Å². The monoisotopic (exact) mass is 251 g/mol. The first kappa shape index (κ1) is 15.0. The number of hydrogen-bond acceptors (Lipinski definition) is 3. The maximum atomic E-state index is 5.82. The number of ether oxygens (including phenoxy) is 2. The Morgan fingerprint density at radius 3 is 2.56 bits per heavy atom. The first-order chi connectivity index (χ1) is 8.86. The molecule has 1 aromatic carbocycles. The van der Waals surface area contributed by atoms with E-state index in [-0.39, 0.29) is 0 Å². The van der Waals surface area contributed by atoms with Crippen LogP contribution in [0.15, 0.2) is 30.3 Å². The highest BCUT2D eigenvalue weighted by Crippen LogP contribution is 2.08. The molecule has 18 heavy (non-hydrogen) atoms. The summed E-state index contributed by atoms with van der Waals surface area (Å²) in [4.78, 5) is 0. The lowest BCUT2D eigenvalue weighted by Crippen LogP contribution is -2.30. The molecule has 0 saturated heterocycles. The molecule has 1 N–H and O–H groups in total. The number of nitrogens with one attached hydrogen (secondary N) is 1. The van der Waals surface area contributed by atoms with Crippen molar-refractivity contribution in [3.8, 4) is 5.75 Å². The molecule has 0 radical (unpaired) electrons. The average Bonchev–Trinajstić information content (AvgIpc) is 2.42. The highest BCUT2D eigenvalue weighted by Gasteiger charge is 2.06. The van der Waals surface area contributed by atoms with Gasteiger partial charge in [0.05, 0.1) is 12.7 Å². The largest absolute Gasteiger partial charge is 0.491 e. The van der Waals surface area contributed by atoms with E-state index in [1.165, 1.54) is 0 Å². The lowest BCUT2D eigenvalue weighted by atomic mass is 10.2. The summed E-state index contributed by atoms with van der Waals surface area (Å²) in [6, 6.07) is 9.85. The third kappa shape index (κ3) is 6.62. The van der Waals surface area contributed by atoms with Gasteiger partial charge >= 0.3 is 0 Å². The molecule has 1 rings (SSSR count). The molecule has 0 aliphatic carbocycles. The SMILES string of the molecule is CCCC(CNCC)OCCOc1ccccc1. The van der Waals surface area contributed by atoms with Gasteiger partial charge in [0.2, 0.25) is 0 Å². The molecular weight excluding hydrogens is 226 g/mol. The Morgan fingerprint density at radius 1 is 1.11 bits per heavy atom. The van der Waals surface area contributed by atoms with Gasteiger partial charge < -0.3 is 14.8 Å². The molecule has 3 nitrogen and oxygen atoms in total. The Labute approximate surface area is 110 Å². The molecule has 0 heterocycles. The van der Waals surface area contributed by atoms with E-state index < -0.39 is 0 Å². The van der Waals surface area contributed by atoms with Crippen LogP contribution in [0.2, 0.25) is 0 Å². The summed E-state index contributed by atoms with van der Waals surface area (Å²) in [6.45, 7) is 7.46. The molecule has 1 unspecified atom stereocenters. The van der Waals surface area contributed by atoms with Gasteiger partial charge in [-0.3, -0.25) is 0 Å². The minimum absolute atomic E-state index is 0.300. The second kappa shape index (κ2) is 9.92. The number of likely N-dealkylation sites (N-methyl/N-ethyl adjacent to an activating group) is 1. The topological polar surface area (TPSA) is 30.5 Å². The Balaban J connectivity index is 2.14. The van der Waals surface area contributed by atoms with Gasteiger partial charge in [-0.25, -0.2) is 0 Å². The average molecular weight is 251 g/mol. The number of benzene rings is 1. The molecule has 0 bridgehead atoms. The Morgan fingerprint density at radius 2 is 1.89 bits per heavy atom. The van der Waals surface area contributed by atoms with Gasteiger partial charge in [0, 0.05) is 6.54 Å². The normalized spacial score (nSPS) is 12.3. The molecule has 0 saturated carbocycles. The zero-order valence-electron chi connectivity index (χ0n) is 11.5. The van der Waals surface area contributed by atoms with Crippen LogP contribution in [0.4, 0.5) is 0 Å². The van der Waals surface area contributed by atoms with Crippen LogP contribution in [0.3, 0.4) is 0 Å². The second-order valence-electron chi connectivity index (χ2n) is 4.25. The van der Waals surface area contributed by atoms with Gasteiger partial charge in [-0.1, -0.05) is 38.5 Å². The van der Waals surface area contributed by atoms with Crippen molar-refractivity contribution in [3.05, 3.63) is 30.3 Å². The molecule has 3 heteroatoms. The highest BCUT2D eigenvalue weighted by molar-refractivity contribution is 5.20. The van der Waals surface area contributed by atoms with Crippen LogP contribution in [0.25, 0.3) is 0 Å². The van der Waals surface area contributed by atoms with Gasteiger partial charge in [-0.05, 0) is 25.1 Å². The van der Waals surface area contributed by atoms with Crippen LogP contribution < -0.4 is 10.1 Å². The fraction of sp³-hybridized carbons (Fsp3) is 0.600. The second-order valence-corrected chi connectivity index (χ2v) is 4.25. The zero-order chi connectivity index (χ0) is 13.1. The van der Waals surface area contributed by atoms with Crippen LogP contribution in [-0.2, 0) is 4.74 Å². The highest BCUT2D eigenvalue weighted by atomic mass is 16.5. The number of para-hydroxylation sites is 1. The maximum Gasteiger partial charge on any atom is 0.119 e. The summed E-state index contributed by atoms with van der Waals surface area (Å²) >= 11 is 0. The van der Waals surface area contributed by atoms with Crippen LogP contribution in [-0.4, -0.2) is 32.4 Å². The van der Waals surface area contributed by atoms with Crippen LogP contribution in [0.1, 0.15) is 26.7 Å². The van der Waals surface area contributed by atoms with E-state index in [1.807, 2.05) is 30.3 Å². The molecule has 1 aromatic rings. The van der Waals surface area contributed by atoms with Gasteiger partial charge in [-0.2, -0.15) is 0 Å². The van der Waals surface area contributed by atoms with E-state index in [4.69, 9.17) is 9.47 Å². The molecule has 102 valence electrons. The van der Waals surface area contributed by atoms with E-state index in [2.05, 4.69) is 19.2 Å². The van der Waals surface area contributed by atoms with Crippen molar-refractivity contribution in [1.82, 2.24) is 5.32 Å². The van der Waals surface area contributed by atoms with Crippen molar-refractivity contribution in [2.45, 2.75) is 32.8 Å². The fourth-order valence-corrected chi connectivity index (χ4v) is 1.76. The summed E-state index contributed by atoms with van der Waals surface area (Å²) in [7, 11) is 0. The van der Waals surface area contributed by atoms with E-state index in [9.17, 15) is 0 Å². The Bertz CT molecular complexity index is 290. The van der Waals surface area contributed by atoms with Crippen LogP contribution in [0, 0.1) is 0 Å². The number of rotatable bonds is 10. The van der Waals surface area contributed by atoms with E-state index in [0.29, 0.717) is 19.3 Å². The Kier molecular flexibility index (Phi) is 8.26. The quantitative estimate of drug-likeness (QED) is 0.649. The summed E-state index contributed by atoms with van der Waals surface area (Å²) in [5.41, 5.74) is 0. The first-order valence-corrected chi connectivity index (χ1v) is 6.87. The predicted octanol–water partition coefficient (Wildman–Crippen LogP) is 2.86.